The predicted octanol–water partition coefficient (Wildman–Crippen LogP) is 1.88. The summed E-state index contributed by atoms with van der Waals surface area (Å²) in [5.74, 6) is 0. The Hall–Kier alpha value is -0.0800. The lowest BCUT2D eigenvalue weighted by Crippen LogP contribution is -2.39. The summed E-state index contributed by atoms with van der Waals surface area (Å²) in [5.41, 5.74) is 0. The topological polar surface area (TPSA) is 20.2 Å². The maximum absolute atomic E-state index is 8.53. The van der Waals surface area contributed by atoms with Gasteiger partial charge in [-0.3, -0.25) is 0 Å². The standard InChI is InChI=1S/C8H20NO.C2H6/c1-4-9(2,3)7-5-6-8-10;1-2/h10H,4-8H2,1-3H3;1-2H3/q+1;. The van der Waals surface area contributed by atoms with Crippen LogP contribution in [-0.2, 0) is 0 Å². The van der Waals surface area contributed by atoms with Crippen molar-refractivity contribution in [2.45, 2.75) is 33.6 Å². The molecule has 1 N–H and O–H groups in total. The zero-order valence-electron chi connectivity index (χ0n) is 9.43. The molecule has 76 valence electrons. The molecular weight excluding hydrogens is 150 g/mol. The summed E-state index contributed by atoms with van der Waals surface area (Å²) in [6.07, 6.45) is 2.08. The van der Waals surface area contributed by atoms with E-state index < -0.39 is 0 Å². The molecule has 0 unspecified atom stereocenters. The van der Waals surface area contributed by atoms with E-state index in [4.69, 9.17) is 5.11 Å². The van der Waals surface area contributed by atoms with Crippen LogP contribution in [-0.4, -0.2) is 43.4 Å². The smallest absolute Gasteiger partial charge is 0.0783 e. The van der Waals surface area contributed by atoms with Gasteiger partial charge in [-0.25, -0.2) is 0 Å². The first-order valence-electron chi connectivity index (χ1n) is 5.05. The highest BCUT2D eigenvalue weighted by molar-refractivity contribution is 4.36. The highest BCUT2D eigenvalue weighted by Crippen LogP contribution is 1.99. The summed E-state index contributed by atoms with van der Waals surface area (Å²) in [6.45, 7) is 8.88. The zero-order valence-corrected chi connectivity index (χ0v) is 9.43. The third-order valence-electron chi connectivity index (χ3n) is 2.03. The van der Waals surface area contributed by atoms with Gasteiger partial charge < -0.3 is 9.59 Å². The molecule has 0 aliphatic heterocycles. The van der Waals surface area contributed by atoms with Crippen molar-refractivity contribution in [1.29, 1.82) is 0 Å². The predicted molar refractivity (Wildman–Crippen MR) is 55.2 cm³/mol. The van der Waals surface area contributed by atoms with E-state index in [9.17, 15) is 0 Å². The fraction of sp³-hybridized carbons (Fsp3) is 1.00. The lowest BCUT2D eigenvalue weighted by atomic mass is 10.3. The van der Waals surface area contributed by atoms with Gasteiger partial charge in [-0.1, -0.05) is 13.8 Å². The van der Waals surface area contributed by atoms with Crippen molar-refractivity contribution in [1.82, 2.24) is 0 Å². The molecule has 12 heavy (non-hydrogen) atoms. The van der Waals surface area contributed by atoms with E-state index in [1.807, 2.05) is 13.8 Å². The fourth-order valence-electron chi connectivity index (χ4n) is 0.810. The number of unbranched alkanes of at least 4 members (excludes halogenated alkanes) is 1. The van der Waals surface area contributed by atoms with E-state index in [-0.39, 0.29) is 0 Å². The van der Waals surface area contributed by atoms with E-state index in [0.29, 0.717) is 6.61 Å². The number of rotatable bonds is 5. The van der Waals surface area contributed by atoms with E-state index in [2.05, 4.69) is 21.0 Å². The first-order valence-corrected chi connectivity index (χ1v) is 5.05. The maximum atomic E-state index is 8.53. The summed E-state index contributed by atoms with van der Waals surface area (Å²) in [4.78, 5) is 0. The fourth-order valence-corrected chi connectivity index (χ4v) is 0.810. The van der Waals surface area contributed by atoms with Crippen LogP contribution in [0.2, 0.25) is 0 Å². The quantitative estimate of drug-likeness (QED) is 0.501. The molecule has 0 aromatic rings. The van der Waals surface area contributed by atoms with Crippen LogP contribution in [0.3, 0.4) is 0 Å². The van der Waals surface area contributed by atoms with Gasteiger partial charge in [-0.15, -0.1) is 0 Å². The van der Waals surface area contributed by atoms with Gasteiger partial charge >= 0.3 is 0 Å². The van der Waals surface area contributed by atoms with Crippen LogP contribution >= 0.6 is 0 Å². The van der Waals surface area contributed by atoms with E-state index in [0.717, 1.165) is 17.3 Å². The number of quaternary nitrogens is 1. The Morgan fingerprint density at radius 2 is 1.58 bits per heavy atom. The van der Waals surface area contributed by atoms with Gasteiger partial charge in [-0.2, -0.15) is 0 Å². The third-order valence-corrected chi connectivity index (χ3v) is 2.03. The number of aliphatic hydroxyl groups is 1. The van der Waals surface area contributed by atoms with Gasteiger partial charge in [0.25, 0.3) is 0 Å². The lowest BCUT2D eigenvalue weighted by molar-refractivity contribution is -0.888. The minimum Gasteiger partial charge on any atom is -0.396 e. The molecule has 0 aromatic heterocycles. The molecular formula is C10H26NO+. The maximum Gasteiger partial charge on any atom is 0.0783 e. The Kier molecular flexibility index (Phi) is 10.8. The summed E-state index contributed by atoms with van der Waals surface area (Å²) in [5, 5.41) is 8.53. The molecule has 0 saturated heterocycles. The second kappa shape index (κ2) is 9.01. The van der Waals surface area contributed by atoms with Crippen LogP contribution in [0.15, 0.2) is 0 Å². The average Bonchev–Trinajstić information content (AvgIpc) is 2.09. The molecule has 0 fully saturated rings. The Morgan fingerprint density at radius 3 is 1.92 bits per heavy atom. The molecule has 0 atom stereocenters. The van der Waals surface area contributed by atoms with Crippen LogP contribution < -0.4 is 0 Å². The minimum atomic E-state index is 0.337. The van der Waals surface area contributed by atoms with E-state index in [1.54, 1.807) is 0 Å². The molecule has 0 heterocycles. The van der Waals surface area contributed by atoms with Crippen molar-refractivity contribution >= 4 is 0 Å². The zero-order chi connectivity index (χ0) is 10.0. The largest absolute Gasteiger partial charge is 0.396 e. The second-order valence-electron chi connectivity index (χ2n) is 3.41. The van der Waals surface area contributed by atoms with Crippen molar-refractivity contribution in [2.24, 2.45) is 0 Å². The number of aliphatic hydroxyl groups excluding tert-OH is 1. The minimum absolute atomic E-state index is 0.337. The Balaban J connectivity index is 0. The first kappa shape index (κ1) is 14.4. The average molecular weight is 176 g/mol. The van der Waals surface area contributed by atoms with Crippen LogP contribution in [0.25, 0.3) is 0 Å². The molecule has 0 saturated carbocycles. The van der Waals surface area contributed by atoms with Gasteiger partial charge in [0.2, 0.25) is 0 Å². The third kappa shape index (κ3) is 9.92. The molecule has 0 amide bonds. The molecule has 0 aromatic carbocycles. The van der Waals surface area contributed by atoms with Crippen LogP contribution in [0.4, 0.5) is 0 Å². The summed E-state index contributed by atoms with van der Waals surface area (Å²) in [7, 11) is 4.44. The van der Waals surface area contributed by atoms with Gasteiger partial charge in [0, 0.05) is 6.61 Å². The molecule has 2 nitrogen and oxygen atoms in total. The normalized spacial score (nSPS) is 10.5. The van der Waals surface area contributed by atoms with Gasteiger partial charge in [-0.05, 0) is 19.8 Å². The molecule has 0 aliphatic carbocycles. The monoisotopic (exact) mass is 176 g/mol. The Labute approximate surface area is 77.8 Å². The SMILES string of the molecule is CC.CC[N+](C)(C)CCCCO. The van der Waals surface area contributed by atoms with Gasteiger partial charge in [0.1, 0.15) is 0 Å². The van der Waals surface area contributed by atoms with Crippen LogP contribution in [0.1, 0.15) is 33.6 Å². The summed E-state index contributed by atoms with van der Waals surface area (Å²) < 4.78 is 1.07. The lowest BCUT2D eigenvalue weighted by Gasteiger charge is -2.27. The molecule has 0 spiro atoms. The van der Waals surface area contributed by atoms with E-state index >= 15 is 0 Å². The molecule has 2 heteroatoms. The van der Waals surface area contributed by atoms with Gasteiger partial charge in [0.05, 0.1) is 27.2 Å². The van der Waals surface area contributed by atoms with Gasteiger partial charge in [0.15, 0.2) is 0 Å². The number of nitrogens with zero attached hydrogens (tertiary/aromatic N) is 1. The Bertz CT molecular complexity index is 81.9. The number of hydrogen-bond acceptors (Lipinski definition) is 1. The Morgan fingerprint density at radius 1 is 1.08 bits per heavy atom. The van der Waals surface area contributed by atoms with Crippen molar-refractivity contribution in [2.75, 3.05) is 33.8 Å². The second-order valence-corrected chi connectivity index (χ2v) is 3.41. The highest BCUT2D eigenvalue weighted by Gasteiger charge is 2.09. The van der Waals surface area contributed by atoms with Crippen molar-refractivity contribution in [3.05, 3.63) is 0 Å². The highest BCUT2D eigenvalue weighted by atomic mass is 16.2. The van der Waals surface area contributed by atoms with Crippen molar-refractivity contribution < 1.29 is 9.59 Å². The molecule has 0 bridgehead atoms. The first-order chi connectivity index (χ1) is 5.62. The van der Waals surface area contributed by atoms with Crippen molar-refractivity contribution in [3.8, 4) is 0 Å². The molecule has 0 radical (unpaired) electrons. The summed E-state index contributed by atoms with van der Waals surface area (Å²) in [6, 6.07) is 0. The van der Waals surface area contributed by atoms with Crippen LogP contribution in [0, 0.1) is 0 Å². The van der Waals surface area contributed by atoms with E-state index in [1.165, 1.54) is 13.1 Å². The van der Waals surface area contributed by atoms with Crippen molar-refractivity contribution in [3.63, 3.8) is 0 Å². The number of hydrogen-bond donors (Lipinski definition) is 1. The summed E-state index contributed by atoms with van der Waals surface area (Å²) >= 11 is 0. The molecule has 0 rings (SSSR count). The molecule has 0 aliphatic rings. The van der Waals surface area contributed by atoms with Crippen LogP contribution in [0.5, 0.6) is 0 Å².